The van der Waals surface area contributed by atoms with Gasteiger partial charge in [-0.1, -0.05) is 54.4 Å². The van der Waals surface area contributed by atoms with E-state index in [1.807, 2.05) is 42.2 Å². The molecule has 2 aliphatic rings. The van der Waals surface area contributed by atoms with Crippen molar-refractivity contribution in [3.05, 3.63) is 69.7 Å². The number of rotatable bonds is 8. The molecule has 2 aromatic carbocycles. The van der Waals surface area contributed by atoms with Crippen molar-refractivity contribution in [1.29, 1.82) is 0 Å². The largest absolute Gasteiger partial charge is 0.481 e. The third kappa shape index (κ3) is 6.66. The molecule has 2 aliphatic heterocycles. The van der Waals surface area contributed by atoms with Crippen molar-refractivity contribution >= 4 is 44.9 Å². The molecule has 0 radical (unpaired) electrons. The third-order valence-corrected chi connectivity index (χ3v) is 9.60. The molecule has 1 unspecified atom stereocenters. The van der Waals surface area contributed by atoms with E-state index in [0.29, 0.717) is 42.5 Å². The van der Waals surface area contributed by atoms with Crippen LogP contribution >= 0.6 is 23.2 Å². The van der Waals surface area contributed by atoms with Gasteiger partial charge in [-0.15, -0.1) is 0 Å². The van der Waals surface area contributed by atoms with Crippen LogP contribution in [0.3, 0.4) is 0 Å². The number of carboxylic acid groups (broad SMARTS) is 1. The number of hydrogen-bond acceptors (Lipinski definition) is 5. The van der Waals surface area contributed by atoms with Gasteiger partial charge in [0.2, 0.25) is 5.91 Å². The van der Waals surface area contributed by atoms with Crippen molar-refractivity contribution in [2.24, 2.45) is 5.92 Å². The standard InChI is InChI=1S/C27H32Cl2N2O5S/c1-2-23(17-30-10-12-37(35,36)13-11-30)31-26(18-6-8-21(28)9-7-18)24(19-4-3-5-22(29)14-19)15-20(27(31)34)16-25(32)33/h3-9,14,20,23-24,26H,2,10-13,15-17H2,1H3,(H,32,33)/t20-,23?,24-,26-/m1/s1. The van der Waals surface area contributed by atoms with E-state index in [1.54, 1.807) is 18.2 Å². The summed E-state index contributed by atoms with van der Waals surface area (Å²) in [7, 11) is -3.04. The lowest BCUT2D eigenvalue weighted by Crippen LogP contribution is -2.56. The van der Waals surface area contributed by atoms with Crippen LogP contribution < -0.4 is 0 Å². The lowest BCUT2D eigenvalue weighted by molar-refractivity contribution is -0.152. The summed E-state index contributed by atoms with van der Waals surface area (Å²) in [5.74, 6) is -1.85. The predicted molar refractivity (Wildman–Crippen MR) is 145 cm³/mol. The van der Waals surface area contributed by atoms with Gasteiger partial charge >= 0.3 is 5.97 Å². The number of benzene rings is 2. The van der Waals surface area contributed by atoms with Gasteiger partial charge < -0.3 is 10.0 Å². The van der Waals surface area contributed by atoms with Crippen LogP contribution in [0.5, 0.6) is 0 Å². The Balaban J connectivity index is 1.78. The monoisotopic (exact) mass is 566 g/mol. The second-order valence-electron chi connectivity index (χ2n) is 9.95. The van der Waals surface area contributed by atoms with Gasteiger partial charge in [0.05, 0.1) is 24.0 Å². The molecule has 2 aromatic rings. The van der Waals surface area contributed by atoms with Gasteiger partial charge in [0.15, 0.2) is 9.84 Å². The Labute approximate surface area is 228 Å². The number of likely N-dealkylation sites (tertiary alicyclic amines) is 1. The first-order valence-corrected chi connectivity index (χ1v) is 15.1. The summed E-state index contributed by atoms with van der Waals surface area (Å²) in [4.78, 5) is 29.7. The SMILES string of the molecule is CCC(CN1CCS(=O)(=O)CC1)N1C(=O)[C@@H](CC(=O)O)C[C@H](c2cccc(Cl)c2)[C@H]1c1ccc(Cl)cc1. The van der Waals surface area contributed by atoms with Gasteiger partial charge in [0.1, 0.15) is 0 Å². The van der Waals surface area contributed by atoms with Crippen molar-refractivity contribution in [3.8, 4) is 0 Å². The van der Waals surface area contributed by atoms with Crippen molar-refractivity contribution < 1.29 is 23.1 Å². The molecule has 0 saturated carbocycles. The number of halogens is 2. The number of sulfone groups is 1. The van der Waals surface area contributed by atoms with Crippen LogP contribution in [0, 0.1) is 5.92 Å². The highest BCUT2D eigenvalue weighted by molar-refractivity contribution is 7.91. The first kappa shape index (κ1) is 27.9. The molecule has 0 bridgehead atoms. The van der Waals surface area contributed by atoms with Gasteiger partial charge in [-0.3, -0.25) is 14.5 Å². The smallest absolute Gasteiger partial charge is 0.304 e. The van der Waals surface area contributed by atoms with Gasteiger partial charge in [-0.05, 0) is 48.2 Å². The Morgan fingerprint density at radius 2 is 1.73 bits per heavy atom. The number of hydrogen-bond donors (Lipinski definition) is 1. The summed E-state index contributed by atoms with van der Waals surface area (Å²) in [6.07, 6.45) is 0.771. The van der Waals surface area contributed by atoms with E-state index >= 15 is 0 Å². The van der Waals surface area contributed by atoms with Crippen molar-refractivity contribution in [3.63, 3.8) is 0 Å². The first-order chi connectivity index (χ1) is 17.6. The minimum atomic E-state index is -3.04. The Bertz CT molecular complexity index is 1220. The molecule has 37 heavy (non-hydrogen) atoms. The quantitative estimate of drug-likeness (QED) is 0.499. The molecule has 200 valence electrons. The average Bonchev–Trinajstić information content (AvgIpc) is 2.85. The number of piperidine rings is 1. The molecule has 1 N–H and O–H groups in total. The van der Waals surface area contributed by atoms with Crippen LogP contribution in [-0.4, -0.2) is 72.4 Å². The summed E-state index contributed by atoms with van der Waals surface area (Å²) < 4.78 is 23.9. The lowest BCUT2D eigenvalue weighted by atomic mass is 9.74. The summed E-state index contributed by atoms with van der Waals surface area (Å²) in [6, 6.07) is 14.4. The summed E-state index contributed by atoms with van der Waals surface area (Å²) in [5, 5.41) is 10.8. The second-order valence-corrected chi connectivity index (χ2v) is 13.1. The zero-order valence-corrected chi connectivity index (χ0v) is 23.1. The van der Waals surface area contributed by atoms with Crippen LogP contribution in [0.25, 0.3) is 0 Å². The Hall–Kier alpha value is -2.13. The van der Waals surface area contributed by atoms with Crippen molar-refractivity contribution in [1.82, 2.24) is 9.80 Å². The molecular weight excluding hydrogens is 535 g/mol. The average molecular weight is 568 g/mol. The molecule has 4 atom stereocenters. The van der Waals surface area contributed by atoms with E-state index in [9.17, 15) is 23.1 Å². The van der Waals surface area contributed by atoms with Crippen molar-refractivity contribution in [2.45, 2.75) is 44.2 Å². The Kier molecular flexibility index (Phi) is 8.84. The topological polar surface area (TPSA) is 95.0 Å². The van der Waals surface area contributed by atoms with Crippen LogP contribution in [0.2, 0.25) is 10.0 Å². The lowest BCUT2D eigenvalue weighted by Gasteiger charge is -2.49. The van der Waals surface area contributed by atoms with Gasteiger partial charge in [0.25, 0.3) is 0 Å². The fourth-order valence-corrected chi connectivity index (χ4v) is 7.22. The van der Waals surface area contributed by atoms with E-state index in [0.717, 1.165) is 11.1 Å². The summed E-state index contributed by atoms with van der Waals surface area (Å²) in [5.41, 5.74) is 1.86. The maximum absolute atomic E-state index is 14.0. The normalized spacial score (nSPS) is 25.1. The molecule has 0 spiro atoms. The minimum Gasteiger partial charge on any atom is -0.481 e. The molecular formula is C27H32Cl2N2O5S. The van der Waals surface area contributed by atoms with E-state index in [1.165, 1.54) is 0 Å². The third-order valence-electron chi connectivity index (χ3n) is 7.50. The zero-order chi connectivity index (χ0) is 26.7. The molecule has 0 aromatic heterocycles. The number of carboxylic acids is 1. The second kappa shape index (κ2) is 11.7. The molecule has 7 nitrogen and oxygen atoms in total. The predicted octanol–water partition coefficient (Wildman–Crippen LogP) is 4.65. The van der Waals surface area contributed by atoms with Gasteiger partial charge in [-0.2, -0.15) is 0 Å². The van der Waals surface area contributed by atoms with Crippen molar-refractivity contribution in [2.75, 3.05) is 31.1 Å². The molecule has 4 rings (SSSR count). The van der Waals surface area contributed by atoms with E-state index in [4.69, 9.17) is 23.2 Å². The fourth-order valence-electron chi connectivity index (χ4n) is 5.62. The van der Waals surface area contributed by atoms with E-state index in [-0.39, 0.29) is 41.8 Å². The molecule has 0 aliphatic carbocycles. The maximum Gasteiger partial charge on any atom is 0.304 e. The summed E-state index contributed by atoms with van der Waals surface area (Å²) in [6.45, 7) is 3.36. The van der Waals surface area contributed by atoms with Gasteiger partial charge in [0, 0.05) is 47.6 Å². The minimum absolute atomic E-state index is 0.102. The Morgan fingerprint density at radius 3 is 2.32 bits per heavy atom. The molecule has 2 heterocycles. The van der Waals surface area contributed by atoms with E-state index in [2.05, 4.69) is 4.90 Å². The maximum atomic E-state index is 14.0. The highest BCUT2D eigenvalue weighted by atomic mass is 35.5. The number of amides is 1. The van der Waals surface area contributed by atoms with Crippen LogP contribution in [0.4, 0.5) is 0 Å². The number of nitrogens with zero attached hydrogens (tertiary/aromatic N) is 2. The molecule has 2 saturated heterocycles. The molecule has 2 fully saturated rings. The molecule has 1 amide bonds. The highest BCUT2D eigenvalue weighted by Gasteiger charge is 2.46. The number of carbonyl (C=O) groups is 2. The van der Waals surface area contributed by atoms with Crippen LogP contribution in [-0.2, 0) is 19.4 Å². The highest BCUT2D eigenvalue weighted by Crippen LogP contribution is 2.47. The summed E-state index contributed by atoms with van der Waals surface area (Å²) >= 11 is 12.6. The van der Waals surface area contributed by atoms with E-state index < -0.39 is 21.7 Å². The zero-order valence-electron chi connectivity index (χ0n) is 20.7. The molecule has 10 heteroatoms. The van der Waals surface area contributed by atoms with Crippen LogP contribution in [0.1, 0.15) is 49.3 Å². The first-order valence-electron chi connectivity index (χ1n) is 12.6. The number of aliphatic carboxylic acids is 1. The number of carbonyl (C=O) groups excluding carboxylic acids is 1. The van der Waals surface area contributed by atoms with Gasteiger partial charge in [-0.25, -0.2) is 8.42 Å². The Morgan fingerprint density at radius 1 is 1.05 bits per heavy atom. The fraction of sp³-hybridized carbons (Fsp3) is 0.481. The van der Waals surface area contributed by atoms with Crippen LogP contribution in [0.15, 0.2) is 48.5 Å².